The van der Waals surface area contributed by atoms with E-state index in [0.717, 1.165) is 65.6 Å². The first-order valence-corrected chi connectivity index (χ1v) is 10.6. The maximum absolute atomic E-state index is 13.0. The first kappa shape index (κ1) is 19.0. The standard InChI is InChI=1S/C24H26N4O2/c1-27-14-19(13-26-27)21-9-7-17(12-25-21)10-16-6-8-18-15-28(24(30)20(18)11-16)22-4-2-3-5-23(22)29/h6-9,11-14,22-23,29H,2-5,10,15H2,1H3/t22-,23-/m0/s1. The van der Waals surface area contributed by atoms with Crippen molar-refractivity contribution >= 4 is 5.91 Å². The van der Waals surface area contributed by atoms with E-state index in [1.165, 1.54) is 0 Å². The number of hydrogen-bond donors (Lipinski definition) is 1. The summed E-state index contributed by atoms with van der Waals surface area (Å²) in [5.74, 6) is 0.0582. The van der Waals surface area contributed by atoms with Crippen LogP contribution in [0.15, 0.2) is 48.9 Å². The number of nitrogens with zero attached hydrogens (tertiary/aromatic N) is 4. The van der Waals surface area contributed by atoms with Gasteiger partial charge in [-0.05, 0) is 48.1 Å². The molecular formula is C24H26N4O2. The van der Waals surface area contributed by atoms with Crippen LogP contribution in [-0.2, 0) is 20.0 Å². The number of rotatable bonds is 4. The third-order valence-electron chi connectivity index (χ3n) is 6.33. The summed E-state index contributed by atoms with van der Waals surface area (Å²) < 4.78 is 1.77. The molecule has 1 fully saturated rings. The van der Waals surface area contributed by atoms with Gasteiger partial charge in [-0.1, -0.05) is 31.0 Å². The Morgan fingerprint density at radius 2 is 1.93 bits per heavy atom. The fraction of sp³-hybridized carbons (Fsp3) is 0.375. The highest BCUT2D eigenvalue weighted by molar-refractivity contribution is 5.98. The van der Waals surface area contributed by atoms with Gasteiger partial charge >= 0.3 is 0 Å². The number of pyridine rings is 1. The van der Waals surface area contributed by atoms with Crippen LogP contribution in [0.5, 0.6) is 0 Å². The average Bonchev–Trinajstić information content (AvgIpc) is 3.33. The minimum absolute atomic E-state index is 0.0497. The molecule has 0 spiro atoms. The molecule has 154 valence electrons. The molecule has 3 heterocycles. The molecule has 1 aliphatic heterocycles. The van der Waals surface area contributed by atoms with Gasteiger partial charge in [0.25, 0.3) is 5.91 Å². The average molecular weight is 402 g/mol. The van der Waals surface area contributed by atoms with Crippen molar-refractivity contribution in [2.75, 3.05) is 0 Å². The molecule has 0 radical (unpaired) electrons. The molecule has 5 rings (SSSR count). The van der Waals surface area contributed by atoms with Crippen LogP contribution in [0.1, 0.15) is 52.7 Å². The number of aliphatic hydroxyl groups is 1. The smallest absolute Gasteiger partial charge is 0.254 e. The van der Waals surface area contributed by atoms with Crippen molar-refractivity contribution in [3.63, 3.8) is 0 Å². The molecule has 1 amide bonds. The Kier molecular flexibility index (Phi) is 4.87. The van der Waals surface area contributed by atoms with Gasteiger partial charge in [0, 0.05) is 37.1 Å². The van der Waals surface area contributed by atoms with E-state index in [1.54, 1.807) is 4.68 Å². The monoisotopic (exact) mass is 402 g/mol. The van der Waals surface area contributed by atoms with Crippen LogP contribution in [0.25, 0.3) is 11.3 Å². The van der Waals surface area contributed by atoms with Crippen molar-refractivity contribution in [2.45, 2.75) is 50.8 Å². The van der Waals surface area contributed by atoms with Gasteiger partial charge in [-0.25, -0.2) is 0 Å². The molecule has 6 nitrogen and oxygen atoms in total. The Hall–Kier alpha value is -2.99. The van der Waals surface area contributed by atoms with Gasteiger partial charge in [0.05, 0.1) is 24.0 Å². The van der Waals surface area contributed by atoms with E-state index in [2.05, 4.69) is 28.3 Å². The molecule has 1 saturated carbocycles. The minimum Gasteiger partial charge on any atom is -0.391 e. The molecule has 1 N–H and O–H groups in total. The van der Waals surface area contributed by atoms with Crippen molar-refractivity contribution < 1.29 is 9.90 Å². The molecule has 2 atom stereocenters. The second-order valence-electron chi connectivity index (χ2n) is 8.47. The lowest BCUT2D eigenvalue weighted by molar-refractivity contribution is 0.0191. The zero-order chi connectivity index (χ0) is 20.7. The van der Waals surface area contributed by atoms with Crippen molar-refractivity contribution in [3.05, 3.63) is 71.2 Å². The number of fused-ring (bicyclic) bond motifs is 1. The Morgan fingerprint density at radius 1 is 1.10 bits per heavy atom. The van der Waals surface area contributed by atoms with Gasteiger partial charge in [-0.2, -0.15) is 5.10 Å². The molecular weight excluding hydrogens is 376 g/mol. The Morgan fingerprint density at radius 3 is 2.67 bits per heavy atom. The number of aryl methyl sites for hydroxylation is 1. The van der Waals surface area contributed by atoms with E-state index in [1.807, 2.05) is 42.7 Å². The number of carbonyl (C=O) groups excluding carboxylic acids is 1. The van der Waals surface area contributed by atoms with Crippen LogP contribution in [0.3, 0.4) is 0 Å². The summed E-state index contributed by atoms with van der Waals surface area (Å²) in [5, 5.41) is 14.6. The summed E-state index contributed by atoms with van der Waals surface area (Å²) in [5.41, 5.74) is 5.95. The van der Waals surface area contributed by atoms with Gasteiger partial charge in [0.1, 0.15) is 0 Å². The summed E-state index contributed by atoms with van der Waals surface area (Å²) >= 11 is 0. The van der Waals surface area contributed by atoms with E-state index in [-0.39, 0.29) is 11.9 Å². The molecule has 0 saturated heterocycles. The number of aromatic nitrogens is 3. The van der Waals surface area contributed by atoms with Gasteiger partial charge in [0.2, 0.25) is 0 Å². The van der Waals surface area contributed by atoms with E-state index >= 15 is 0 Å². The van der Waals surface area contributed by atoms with Crippen molar-refractivity contribution in [1.29, 1.82) is 0 Å². The fourth-order valence-electron chi connectivity index (χ4n) is 4.69. The van der Waals surface area contributed by atoms with Crippen LogP contribution < -0.4 is 0 Å². The largest absolute Gasteiger partial charge is 0.391 e. The lowest BCUT2D eigenvalue weighted by Gasteiger charge is -2.35. The Bertz CT molecular complexity index is 1070. The molecule has 3 aromatic rings. The normalized spacial score (nSPS) is 21.1. The lowest BCUT2D eigenvalue weighted by atomic mass is 9.91. The van der Waals surface area contributed by atoms with Gasteiger partial charge < -0.3 is 10.0 Å². The molecule has 1 aliphatic carbocycles. The highest BCUT2D eigenvalue weighted by atomic mass is 16.3. The van der Waals surface area contributed by atoms with E-state index in [9.17, 15) is 9.90 Å². The highest BCUT2D eigenvalue weighted by Gasteiger charge is 2.37. The first-order chi connectivity index (χ1) is 14.6. The summed E-state index contributed by atoms with van der Waals surface area (Å²) in [6.45, 7) is 0.609. The quantitative estimate of drug-likeness (QED) is 0.727. The van der Waals surface area contributed by atoms with Gasteiger partial charge in [-0.3, -0.25) is 14.5 Å². The number of amides is 1. The second kappa shape index (κ2) is 7.69. The highest BCUT2D eigenvalue weighted by Crippen LogP contribution is 2.32. The number of carbonyl (C=O) groups is 1. The zero-order valence-corrected chi connectivity index (χ0v) is 17.2. The van der Waals surface area contributed by atoms with Crippen LogP contribution in [0.4, 0.5) is 0 Å². The predicted molar refractivity (Wildman–Crippen MR) is 114 cm³/mol. The molecule has 0 bridgehead atoms. The van der Waals surface area contributed by atoms with Gasteiger partial charge in [0.15, 0.2) is 0 Å². The molecule has 0 unspecified atom stereocenters. The molecule has 1 aromatic carbocycles. The summed E-state index contributed by atoms with van der Waals surface area (Å²) in [6, 6.07) is 10.2. The van der Waals surface area contributed by atoms with E-state index in [0.29, 0.717) is 6.54 Å². The second-order valence-corrected chi connectivity index (χ2v) is 8.47. The maximum atomic E-state index is 13.0. The molecule has 2 aromatic heterocycles. The molecule has 6 heteroatoms. The third-order valence-corrected chi connectivity index (χ3v) is 6.33. The van der Waals surface area contributed by atoms with Crippen LogP contribution in [0.2, 0.25) is 0 Å². The molecule has 2 aliphatic rings. The third kappa shape index (κ3) is 3.52. The van der Waals surface area contributed by atoms with Crippen molar-refractivity contribution in [1.82, 2.24) is 19.7 Å². The summed E-state index contributed by atoms with van der Waals surface area (Å²) in [7, 11) is 1.89. The van der Waals surface area contributed by atoms with E-state index < -0.39 is 6.10 Å². The zero-order valence-electron chi connectivity index (χ0n) is 17.2. The Labute approximate surface area is 176 Å². The SMILES string of the molecule is Cn1cc(-c2ccc(Cc3ccc4c(c3)C(=O)N([C@H]3CCCC[C@@H]3O)C4)cn2)cn1. The van der Waals surface area contributed by atoms with Crippen LogP contribution >= 0.6 is 0 Å². The van der Waals surface area contributed by atoms with Crippen LogP contribution in [-0.4, -0.2) is 42.8 Å². The van der Waals surface area contributed by atoms with Crippen molar-refractivity contribution in [2.24, 2.45) is 7.05 Å². The fourth-order valence-corrected chi connectivity index (χ4v) is 4.69. The lowest BCUT2D eigenvalue weighted by Crippen LogP contribution is -2.45. The number of aliphatic hydroxyl groups excluding tert-OH is 1. The van der Waals surface area contributed by atoms with E-state index in [4.69, 9.17) is 0 Å². The number of benzene rings is 1. The first-order valence-electron chi connectivity index (χ1n) is 10.6. The maximum Gasteiger partial charge on any atom is 0.254 e. The van der Waals surface area contributed by atoms with Crippen molar-refractivity contribution in [3.8, 4) is 11.3 Å². The predicted octanol–water partition coefficient (Wildman–Crippen LogP) is 3.33. The Balaban J connectivity index is 1.32. The minimum atomic E-state index is -0.402. The summed E-state index contributed by atoms with van der Waals surface area (Å²) in [4.78, 5) is 19.5. The topological polar surface area (TPSA) is 71.2 Å². The molecule has 30 heavy (non-hydrogen) atoms. The van der Waals surface area contributed by atoms with Gasteiger partial charge in [-0.15, -0.1) is 0 Å². The van der Waals surface area contributed by atoms with Crippen LogP contribution in [0, 0.1) is 0 Å². The summed E-state index contributed by atoms with van der Waals surface area (Å²) in [6.07, 6.45) is 9.78. The number of hydrogen-bond acceptors (Lipinski definition) is 4.